The van der Waals surface area contributed by atoms with Gasteiger partial charge in [0.15, 0.2) is 5.78 Å². The predicted molar refractivity (Wildman–Crippen MR) is 94.7 cm³/mol. The lowest BCUT2D eigenvalue weighted by Crippen LogP contribution is -2.26. The topological polar surface area (TPSA) is 50.7 Å². The maximum Gasteiger partial charge on any atom is 0.179 e. The molecule has 24 heavy (non-hydrogen) atoms. The van der Waals surface area contributed by atoms with Crippen LogP contribution in [0.4, 0.5) is 0 Å². The summed E-state index contributed by atoms with van der Waals surface area (Å²) in [5, 5.41) is 0. The maximum atomic E-state index is 12.0. The minimum Gasteiger partial charge on any atom is -0.301 e. The monoisotopic (exact) mass is 322 g/mol. The van der Waals surface area contributed by atoms with Crippen LogP contribution < -0.4 is 5.48 Å². The third-order valence-electron chi connectivity index (χ3n) is 4.39. The van der Waals surface area contributed by atoms with Crippen molar-refractivity contribution in [2.75, 3.05) is 6.61 Å². The quantitative estimate of drug-likeness (QED) is 0.627. The fourth-order valence-corrected chi connectivity index (χ4v) is 3.04. The Balaban J connectivity index is 1.59. The van der Waals surface area contributed by atoms with Crippen LogP contribution in [0.5, 0.6) is 0 Å². The fraction of sp³-hybridized carbons (Fsp3) is 0.300. The molecule has 4 heteroatoms. The van der Waals surface area contributed by atoms with E-state index in [0.29, 0.717) is 31.7 Å². The molecular formula is C20H22N2O2. The first kappa shape index (κ1) is 16.6. The molecule has 4 nitrogen and oxygen atoms in total. The summed E-state index contributed by atoms with van der Waals surface area (Å²) >= 11 is 0. The molecule has 3 rings (SSSR count). The molecule has 0 saturated heterocycles. The lowest BCUT2D eigenvalue weighted by Gasteiger charge is -2.26. The van der Waals surface area contributed by atoms with E-state index in [1.165, 1.54) is 5.56 Å². The highest BCUT2D eigenvalue weighted by Crippen LogP contribution is 2.37. The van der Waals surface area contributed by atoms with Crippen molar-refractivity contribution >= 4 is 11.5 Å². The van der Waals surface area contributed by atoms with Gasteiger partial charge in [-0.1, -0.05) is 60.7 Å². The van der Waals surface area contributed by atoms with Gasteiger partial charge in [-0.2, -0.15) is 5.48 Å². The summed E-state index contributed by atoms with van der Waals surface area (Å²) in [6, 6.07) is 20.1. The van der Waals surface area contributed by atoms with E-state index in [4.69, 9.17) is 4.84 Å². The van der Waals surface area contributed by atoms with Crippen LogP contribution in [0.2, 0.25) is 0 Å². The lowest BCUT2D eigenvalue weighted by atomic mass is 9.85. The van der Waals surface area contributed by atoms with Gasteiger partial charge in [-0.15, -0.1) is 0 Å². The first-order valence-corrected chi connectivity index (χ1v) is 8.23. The fourth-order valence-electron chi connectivity index (χ4n) is 3.04. The molecule has 0 saturated carbocycles. The van der Waals surface area contributed by atoms with Crippen molar-refractivity contribution in [2.45, 2.75) is 31.8 Å². The zero-order valence-electron chi connectivity index (χ0n) is 13.9. The molecule has 0 radical (unpaired) electrons. The predicted octanol–water partition coefficient (Wildman–Crippen LogP) is 3.43. The highest BCUT2D eigenvalue weighted by Gasteiger charge is 2.39. The molecule has 2 aromatic carbocycles. The molecular weight excluding hydrogens is 300 g/mol. The summed E-state index contributed by atoms with van der Waals surface area (Å²) in [5.41, 5.74) is 5.34. The molecule has 1 aliphatic heterocycles. The normalized spacial score (nSPS) is 20.2. The number of Topliss-reactive ketones (excluding diaryl/α,β-unsaturated/α-hetero) is 1. The number of aliphatic imine (C=N–C) groups is 1. The van der Waals surface area contributed by atoms with Gasteiger partial charge in [0.05, 0.1) is 17.9 Å². The number of hydroxylamine groups is 1. The van der Waals surface area contributed by atoms with E-state index in [1.807, 2.05) is 60.7 Å². The molecule has 1 unspecified atom stereocenters. The number of carbonyl (C=O) groups is 1. The zero-order chi connectivity index (χ0) is 16.8. The molecule has 1 N–H and O–H groups in total. The molecule has 0 fully saturated rings. The Kier molecular flexibility index (Phi) is 5.18. The van der Waals surface area contributed by atoms with E-state index in [2.05, 4.69) is 10.5 Å². The van der Waals surface area contributed by atoms with Crippen molar-refractivity contribution < 1.29 is 9.63 Å². The SMILES string of the molecule is CC1=NC(CCONCc2ccccc2)(c2ccccc2)CC1=O. The van der Waals surface area contributed by atoms with Crippen LogP contribution in [0.1, 0.15) is 30.9 Å². The van der Waals surface area contributed by atoms with Crippen LogP contribution in [0.25, 0.3) is 0 Å². The van der Waals surface area contributed by atoms with Gasteiger partial charge >= 0.3 is 0 Å². The average Bonchev–Trinajstić information content (AvgIpc) is 2.92. The molecule has 124 valence electrons. The first-order chi connectivity index (χ1) is 11.7. The maximum absolute atomic E-state index is 12.0. The van der Waals surface area contributed by atoms with Crippen molar-refractivity contribution in [3.05, 3.63) is 71.8 Å². The molecule has 0 aliphatic carbocycles. The minimum absolute atomic E-state index is 0.121. The third-order valence-corrected chi connectivity index (χ3v) is 4.39. The molecule has 0 bridgehead atoms. The van der Waals surface area contributed by atoms with E-state index in [0.717, 1.165) is 5.56 Å². The Bertz CT molecular complexity index is 713. The van der Waals surface area contributed by atoms with Gasteiger partial charge in [-0.3, -0.25) is 9.79 Å². The molecule has 2 aromatic rings. The number of benzene rings is 2. The van der Waals surface area contributed by atoms with Gasteiger partial charge in [-0.05, 0) is 18.1 Å². The van der Waals surface area contributed by atoms with E-state index in [-0.39, 0.29) is 5.78 Å². The second-order valence-corrected chi connectivity index (χ2v) is 6.10. The largest absolute Gasteiger partial charge is 0.301 e. The van der Waals surface area contributed by atoms with Crippen LogP contribution in [-0.4, -0.2) is 18.1 Å². The molecule has 0 amide bonds. The Morgan fingerprint density at radius 2 is 1.75 bits per heavy atom. The first-order valence-electron chi connectivity index (χ1n) is 8.23. The highest BCUT2D eigenvalue weighted by atomic mass is 16.6. The Labute approximate surface area is 142 Å². The Hall–Kier alpha value is -2.30. The summed E-state index contributed by atoms with van der Waals surface area (Å²) in [4.78, 5) is 22.3. The Morgan fingerprint density at radius 1 is 1.08 bits per heavy atom. The van der Waals surface area contributed by atoms with Crippen molar-refractivity contribution in [3.8, 4) is 0 Å². The molecule has 1 heterocycles. The number of carbonyl (C=O) groups excluding carboxylic acids is 1. The van der Waals surface area contributed by atoms with Gasteiger partial charge in [-0.25, -0.2) is 0 Å². The van der Waals surface area contributed by atoms with E-state index in [1.54, 1.807) is 6.92 Å². The molecule has 0 aromatic heterocycles. The molecule has 1 aliphatic rings. The van der Waals surface area contributed by atoms with E-state index >= 15 is 0 Å². The zero-order valence-corrected chi connectivity index (χ0v) is 13.9. The smallest absolute Gasteiger partial charge is 0.179 e. The van der Waals surface area contributed by atoms with Crippen LogP contribution in [-0.2, 0) is 21.7 Å². The number of hydrogen-bond acceptors (Lipinski definition) is 4. The van der Waals surface area contributed by atoms with Gasteiger partial charge in [0.25, 0.3) is 0 Å². The van der Waals surface area contributed by atoms with Gasteiger partial charge < -0.3 is 4.84 Å². The van der Waals surface area contributed by atoms with Crippen molar-refractivity contribution in [1.29, 1.82) is 0 Å². The van der Waals surface area contributed by atoms with Crippen molar-refractivity contribution in [1.82, 2.24) is 5.48 Å². The Morgan fingerprint density at radius 3 is 2.38 bits per heavy atom. The summed E-state index contributed by atoms with van der Waals surface area (Å²) in [5.74, 6) is 0.121. The second kappa shape index (κ2) is 7.51. The van der Waals surface area contributed by atoms with Crippen molar-refractivity contribution in [3.63, 3.8) is 0 Å². The highest BCUT2D eigenvalue weighted by molar-refractivity contribution is 6.40. The number of hydrogen-bond donors (Lipinski definition) is 1. The van der Waals surface area contributed by atoms with Crippen LogP contribution in [0.3, 0.4) is 0 Å². The van der Waals surface area contributed by atoms with Gasteiger partial charge in [0.2, 0.25) is 0 Å². The molecule has 0 spiro atoms. The second-order valence-electron chi connectivity index (χ2n) is 6.10. The van der Waals surface area contributed by atoms with E-state index < -0.39 is 5.54 Å². The number of rotatable bonds is 7. The molecule has 1 atom stereocenters. The summed E-state index contributed by atoms with van der Waals surface area (Å²) in [7, 11) is 0. The van der Waals surface area contributed by atoms with Crippen LogP contribution in [0, 0.1) is 0 Å². The number of nitrogens with one attached hydrogen (secondary N) is 1. The third kappa shape index (κ3) is 3.78. The average molecular weight is 322 g/mol. The van der Waals surface area contributed by atoms with Crippen molar-refractivity contribution in [2.24, 2.45) is 4.99 Å². The summed E-state index contributed by atoms with van der Waals surface area (Å²) in [6.45, 7) is 2.94. The number of ketones is 1. The van der Waals surface area contributed by atoms with Crippen LogP contribution >= 0.6 is 0 Å². The van der Waals surface area contributed by atoms with Gasteiger partial charge in [0.1, 0.15) is 0 Å². The standard InChI is InChI=1S/C20H22N2O2/c1-16-19(23)14-20(22-16,18-10-6-3-7-11-18)12-13-24-21-15-17-8-4-2-5-9-17/h2-11,21H,12-15H2,1H3. The number of nitrogens with zero attached hydrogens (tertiary/aromatic N) is 1. The van der Waals surface area contributed by atoms with E-state index in [9.17, 15) is 4.79 Å². The summed E-state index contributed by atoms with van der Waals surface area (Å²) in [6.07, 6.45) is 1.09. The summed E-state index contributed by atoms with van der Waals surface area (Å²) < 4.78 is 0. The minimum atomic E-state index is -0.489. The van der Waals surface area contributed by atoms with Gasteiger partial charge in [0, 0.05) is 19.4 Å². The van der Waals surface area contributed by atoms with Crippen LogP contribution in [0.15, 0.2) is 65.7 Å². The lowest BCUT2D eigenvalue weighted by molar-refractivity contribution is -0.113.